The van der Waals surface area contributed by atoms with Gasteiger partial charge in [0.15, 0.2) is 0 Å². The standard InChI is InChI=1S/C62H42/c1-61(2)53-31-41(19-25-47(53)49-27-21-43(33-55(49)61)45-23-15-39-13-11-35-7-5-9-37-17-29-51(45)59(39)57(35)37)42-20-26-48-50-28-22-44(34-56(50)62(3,4)54(48)32-42)46-24-16-40-14-12-36-8-6-10-38-18-30-52(46)60(40)58(36)38/h5-34H,1-4H3. The lowest BCUT2D eigenvalue weighted by molar-refractivity contribution is 0.660. The van der Waals surface area contributed by atoms with Crippen LogP contribution in [0, 0.1) is 0 Å². The zero-order valence-corrected chi connectivity index (χ0v) is 35.3. The Bertz CT molecular complexity index is 3620. The second-order valence-corrected chi connectivity index (χ2v) is 19.2. The summed E-state index contributed by atoms with van der Waals surface area (Å²) in [5, 5.41) is 16.0. The molecule has 0 heteroatoms. The topological polar surface area (TPSA) is 0 Å². The Labute approximate surface area is 361 Å². The fourth-order valence-electron chi connectivity index (χ4n) is 12.1. The van der Waals surface area contributed by atoms with E-state index in [0.29, 0.717) is 0 Å². The maximum Gasteiger partial charge on any atom is 0.0159 e. The lowest BCUT2D eigenvalue weighted by Crippen LogP contribution is -2.15. The molecule has 0 amide bonds. The Morgan fingerprint density at radius 3 is 0.887 bits per heavy atom. The van der Waals surface area contributed by atoms with E-state index in [9.17, 15) is 0 Å². The Morgan fingerprint density at radius 1 is 0.242 bits per heavy atom. The van der Waals surface area contributed by atoms with Gasteiger partial charge in [0.25, 0.3) is 0 Å². The number of hydrogen-bond acceptors (Lipinski definition) is 0. The van der Waals surface area contributed by atoms with Gasteiger partial charge in [-0.15, -0.1) is 0 Å². The van der Waals surface area contributed by atoms with Crippen LogP contribution in [0.4, 0.5) is 0 Å². The van der Waals surface area contributed by atoms with Crippen LogP contribution in [0.15, 0.2) is 182 Å². The molecule has 62 heavy (non-hydrogen) atoms. The van der Waals surface area contributed by atoms with E-state index >= 15 is 0 Å². The molecule has 0 heterocycles. The van der Waals surface area contributed by atoms with Gasteiger partial charge in [0, 0.05) is 10.8 Å². The lowest BCUT2D eigenvalue weighted by atomic mass is 9.79. The van der Waals surface area contributed by atoms with Crippen molar-refractivity contribution >= 4 is 64.6 Å². The minimum atomic E-state index is -0.145. The molecule has 0 saturated carbocycles. The fourth-order valence-corrected chi connectivity index (χ4v) is 12.1. The lowest BCUT2D eigenvalue weighted by Gasteiger charge is -2.24. The maximum absolute atomic E-state index is 2.48. The van der Waals surface area contributed by atoms with E-state index in [4.69, 9.17) is 0 Å². The average Bonchev–Trinajstić information content (AvgIpc) is 3.67. The predicted octanol–water partition coefficient (Wildman–Crippen LogP) is 17.1. The van der Waals surface area contributed by atoms with E-state index in [1.54, 1.807) is 0 Å². The molecular weight excluding hydrogens is 745 g/mol. The molecule has 0 unspecified atom stereocenters. The third-order valence-electron chi connectivity index (χ3n) is 15.4. The number of hydrogen-bond donors (Lipinski definition) is 0. The van der Waals surface area contributed by atoms with Gasteiger partial charge in [-0.25, -0.2) is 0 Å². The second kappa shape index (κ2) is 11.8. The molecule has 0 saturated heterocycles. The van der Waals surface area contributed by atoms with Crippen LogP contribution in [-0.4, -0.2) is 0 Å². The van der Waals surface area contributed by atoms with Crippen LogP contribution < -0.4 is 0 Å². The van der Waals surface area contributed by atoms with Gasteiger partial charge in [-0.2, -0.15) is 0 Å². The molecule has 0 nitrogen and oxygen atoms in total. The highest BCUT2D eigenvalue weighted by Gasteiger charge is 2.38. The molecule has 0 atom stereocenters. The SMILES string of the molecule is CC1(C)c2cc(-c3ccc4c(c3)C(C)(C)c3cc(-c5ccc6ccc7cccc8ccc5c6c78)ccc3-4)ccc2-c2ccc(-c3ccc4ccc5cccc6ccc3c4c56)cc21. The van der Waals surface area contributed by atoms with Crippen LogP contribution in [0.3, 0.4) is 0 Å². The fraction of sp³-hybridized carbons (Fsp3) is 0.0968. The van der Waals surface area contributed by atoms with Crippen molar-refractivity contribution in [3.05, 3.63) is 204 Å². The first-order chi connectivity index (χ1) is 30.2. The minimum absolute atomic E-state index is 0.145. The molecule has 14 rings (SSSR count). The van der Waals surface area contributed by atoms with E-state index < -0.39 is 0 Å². The zero-order chi connectivity index (χ0) is 41.2. The van der Waals surface area contributed by atoms with Crippen molar-refractivity contribution in [2.75, 3.05) is 0 Å². The Morgan fingerprint density at radius 2 is 0.516 bits per heavy atom. The maximum atomic E-state index is 2.48. The first-order valence-electron chi connectivity index (χ1n) is 22.2. The molecule has 12 aromatic rings. The van der Waals surface area contributed by atoms with Gasteiger partial charge in [-0.1, -0.05) is 185 Å². The molecule has 2 aliphatic rings. The Hall–Kier alpha value is -7.28. The van der Waals surface area contributed by atoms with Crippen molar-refractivity contribution in [2.45, 2.75) is 38.5 Å². The summed E-state index contributed by atoms with van der Waals surface area (Å²) >= 11 is 0. The summed E-state index contributed by atoms with van der Waals surface area (Å²) in [6.07, 6.45) is 0. The number of fused-ring (bicyclic) bond motifs is 6. The van der Waals surface area contributed by atoms with Gasteiger partial charge in [0.1, 0.15) is 0 Å². The van der Waals surface area contributed by atoms with Gasteiger partial charge in [-0.3, -0.25) is 0 Å². The largest absolute Gasteiger partial charge is 0.0610 e. The van der Waals surface area contributed by atoms with Crippen LogP contribution in [0.1, 0.15) is 49.9 Å². The third-order valence-corrected chi connectivity index (χ3v) is 15.4. The average molecular weight is 787 g/mol. The Balaban J connectivity index is 0.827. The summed E-state index contributed by atoms with van der Waals surface area (Å²) in [6.45, 7) is 9.65. The molecular formula is C62H42. The van der Waals surface area contributed by atoms with Gasteiger partial charge in [-0.05, 0) is 167 Å². The smallest absolute Gasteiger partial charge is 0.0159 e. The van der Waals surface area contributed by atoms with Crippen LogP contribution >= 0.6 is 0 Å². The zero-order valence-electron chi connectivity index (χ0n) is 35.3. The van der Waals surface area contributed by atoms with Gasteiger partial charge in [0.2, 0.25) is 0 Å². The summed E-state index contributed by atoms with van der Waals surface area (Å²) in [6, 6.07) is 69.8. The highest BCUT2D eigenvalue weighted by Crippen LogP contribution is 2.54. The molecule has 0 aliphatic heterocycles. The van der Waals surface area contributed by atoms with Gasteiger partial charge in [0.05, 0.1) is 0 Å². The monoisotopic (exact) mass is 786 g/mol. The summed E-state index contributed by atoms with van der Waals surface area (Å²) in [4.78, 5) is 0. The summed E-state index contributed by atoms with van der Waals surface area (Å²) < 4.78 is 0. The van der Waals surface area contributed by atoms with Crippen LogP contribution in [-0.2, 0) is 10.8 Å². The van der Waals surface area contributed by atoms with Crippen molar-refractivity contribution < 1.29 is 0 Å². The summed E-state index contributed by atoms with van der Waals surface area (Å²) in [5.41, 5.74) is 18.4. The second-order valence-electron chi connectivity index (χ2n) is 19.2. The highest BCUT2D eigenvalue weighted by molar-refractivity contribution is 6.26. The minimum Gasteiger partial charge on any atom is -0.0610 e. The molecule has 12 aromatic carbocycles. The third kappa shape index (κ3) is 4.42. The Kier molecular flexibility index (Phi) is 6.53. The molecule has 0 spiro atoms. The van der Waals surface area contributed by atoms with E-state index in [1.807, 2.05) is 0 Å². The van der Waals surface area contributed by atoms with E-state index in [1.165, 1.54) is 143 Å². The van der Waals surface area contributed by atoms with Crippen LogP contribution in [0.25, 0.3) is 120 Å². The normalized spacial score (nSPS) is 14.7. The molecule has 0 bridgehead atoms. The number of rotatable bonds is 3. The number of benzene rings is 12. The molecule has 290 valence electrons. The van der Waals surface area contributed by atoms with E-state index in [0.717, 1.165) is 0 Å². The molecule has 0 fully saturated rings. The van der Waals surface area contributed by atoms with Crippen LogP contribution in [0.5, 0.6) is 0 Å². The quantitative estimate of drug-likeness (QED) is 0.157. The van der Waals surface area contributed by atoms with Gasteiger partial charge < -0.3 is 0 Å². The van der Waals surface area contributed by atoms with Gasteiger partial charge >= 0.3 is 0 Å². The molecule has 0 radical (unpaired) electrons. The summed E-state index contributed by atoms with van der Waals surface area (Å²) in [7, 11) is 0. The van der Waals surface area contributed by atoms with Crippen molar-refractivity contribution in [3.63, 3.8) is 0 Å². The van der Waals surface area contributed by atoms with Crippen molar-refractivity contribution in [1.82, 2.24) is 0 Å². The highest BCUT2D eigenvalue weighted by atomic mass is 14.4. The van der Waals surface area contributed by atoms with Crippen molar-refractivity contribution in [1.29, 1.82) is 0 Å². The van der Waals surface area contributed by atoms with E-state index in [2.05, 4.69) is 210 Å². The first-order valence-corrected chi connectivity index (χ1v) is 22.2. The van der Waals surface area contributed by atoms with Crippen LogP contribution in [0.2, 0.25) is 0 Å². The molecule has 0 N–H and O–H groups in total. The predicted molar refractivity (Wildman–Crippen MR) is 265 cm³/mol. The first kappa shape index (κ1) is 34.4. The van der Waals surface area contributed by atoms with Crippen molar-refractivity contribution in [2.24, 2.45) is 0 Å². The molecule has 0 aromatic heterocycles. The summed E-state index contributed by atoms with van der Waals surface area (Å²) in [5.74, 6) is 0. The molecule has 2 aliphatic carbocycles. The van der Waals surface area contributed by atoms with E-state index in [-0.39, 0.29) is 10.8 Å². The van der Waals surface area contributed by atoms with Crippen molar-refractivity contribution in [3.8, 4) is 55.6 Å².